The predicted octanol–water partition coefficient (Wildman–Crippen LogP) is 4.22. The van der Waals surface area contributed by atoms with Gasteiger partial charge in [-0.1, -0.05) is 41.9 Å². The molecule has 0 saturated heterocycles. The lowest BCUT2D eigenvalue weighted by Crippen LogP contribution is -2.23. The van der Waals surface area contributed by atoms with Crippen LogP contribution < -0.4 is 5.32 Å². The number of benzene rings is 2. The standard InChI is InChI=1S/C21H17ClN4O/c1-26-13-14(12-24-26)11-23-21(27)18-10-20(15-5-4-6-16(22)9-15)25-19-8-3-2-7-17(18)19/h2-10,12-13H,11H2,1H3,(H,23,27). The van der Waals surface area contributed by atoms with Crippen LogP contribution in [0.3, 0.4) is 0 Å². The third kappa shape index (κ3) is 3.68. The molecule has 0 bridgehead atoms. The topological polar surface area (TPSA) is 59.8 Å². The van der Waals surface area contributed by atoms with Crippen molar-refractivity contribution >= 4 is 28.4 Å². The van der Waals surface area contributed by atoms with Gasteiger partial charge in [-0.3, -0.25) is 9.48 Å². The quantitative estimate of drug-likeness (QED) is 0.580. The number of nitrogens with one attached hydrogen (secondary N) is 1. The average molecular weight is 377 g/mol. The normalized spacial score (nSPS) is 10.9. The summed E-state index contributed by atoms with van der Waals surface area (Å²) in [5.74, 6) is -0.152. The Hall–Kier alpha value is -3.18. The number of aromatic nitrogens is 3. The van der Waals surface area contributed by atoms with E-state index in [4.69, 9.17) is 16.6 Å². The summed E-state index contributed by atoms with van der Waals surface area (Å²) >= 11 is 6.12. The lowest BCUT2D eigenvalue weighted by molar-refractivity contribution is 0.0952. The first-order valence-electron chi connectivity index (χ1n) is 8.51. The van der Waals surface area contributed by atoms with Crippen molar-refractivity contribution in [1.82, 2.24) is 20.1 Å². The van der Waals surface area contributed by atoms with Crippen LogP contribution in [0.5, 0.6) is 0 Å². The summed E-state index contributed by atoms with van der Waals surface area (Å²) in [6.45, 7) is 0.413. The van der Waals surface area contributed by atoms with E-state index in [-0.39, 0.29) is 5.91 Å². The molecular weight excluding hydrogens is 360 g/mol. The number of halogens is 1. The van der Waals surface area contributed by atoms with Gasteiger partial charge in [0.2, 0.25) is 0 Å². The first-order chi connectivity index (χ1) is 13.1. The number of rotatable bonds is 4. The minimum atomic E-state index is -0.152. The number of fused-ring (bicyclic) bond motifs is 1. The van der Waals surface area contributed by atoms with Crippen LogP contribution in [-0.2, 0) is 13.6 Å². The highest BCUT2D eigenvalue weighted by Gasteiger charge is 2.14. The van der Waals surface area contributed by atoms with E-state index in [1.807, 2.05) is 67.8 Å². The SMILES string of the molecule is Cn1cc(CNC(=O)c2cc(-c3cccc(Cl)c3)nc3ccccc23)cn1. The number of nitrogens with zero attached hydrogens (tertiary/aromatic N) is 3. The predicted molar refractivity (Wildman–Crippen MR) is 107 cm³/mol. The molecule has 2 aromatic heterocycles. The lowest BCUT2D eigenvalue weighted by atomic mass is 10.0. The zero-order valence-electron chi connectivity index (χ0n) is 14.7. The second-order valence-corrected chi connectivity index (χ2v) is 6.72. The fraction of sp³-hybridized carbons (Fsp3) is 0.0952. The minimum Gasteiger partial charge on any atom is -0.348 e. The Bertz CT molecular complexity index is 1140. The van der Waals surface area contributed by atoms with Gasteiger partial charge in [-0.2, -0.15) is 5.10 Å². The third-order valence-electron chi connectivity index (χ3n) is 4.29. The van der Waals surface area contributed by atoms with Gasteiger partial charge in [-0.05, 0) is 24.3 Å². The van der Waals surface area contributed by atoms with E-state index in [0.29, 0.717) is 22.8 Å². The summed E-state index contributed by atoms with van der Waals surface area (Å²) in [4.78, 5) is 17.6. The molecule has 0 aliphatic heterocycles. The number of hydrogen-bond acceptors (Lipinski definition) is 3. The van der Waals surface area contributed by atoms with Crippen molar-refractivity contribution in [3.05, 3.63) is 83.1 Å². The molecule has 0 spiro atoms. The smallest absolute Gasteiger partial charge is 0.252 e. The molecule has 0 atom stereocenters. The van der Waals surface area contributed by atoms with Gasteiger partial charge < -0.3 is 5.32 Å². The molecule has 0 saturated carbocycles. The number of pyridine rings is 1. The van der Waals surface area contributed by atoms with E-state index >= 15 is 0 Å². The van der Waals surface area contributed by atoms with Crippen molar-refractivity contribution in [2.75, 3.05) is 0 Å². The summed E-state index contributed by atoms with van der Waals surface area (Å²) in [5, 5.41) is 8.53. The largest absolute Gasteiger partial charge is 0.348 e. The summed E-state index contributed by atoms with van der Waals surface area (Å²) in [5.41, 5.74) is 3.87. The van der Waals surface area contributed by atoms with Gasteiger partial charge in [0.05, 0.1) is 23.0 Å². The van der Waals surface area contributed by atoms with Crippen LogP contribution in [0.25, 0.3) is 22.2 Å². The Labute approximate surface area is 161 Å². The second kappa shape index (κ2) is 7.21. The van der Waals surface area contributed by atoms with Crippen LogP contribution in [0.4, 0.5) is 0 Å². The molecule has 4 aromatic rings. The van der Waals surface area contributed by atoms with Gasteiger partial charge in [0.1, 0.15) is 0 Å². The fourth-order valence-corrected chi connectivity index (χ4v) is 3.19. The molecule has 0 fully saturated rings. The van der Waals surface area contributed by atoms with Crippen LogP contribution in [-0.4, -0.2) is 20.7 Å². The second-order valence-electron chi connectivity index (χ2n) is 6.29. The van der Waals surface area contributed by atoms with Crippen LogP contribution in [0.1, 0.15) is 15.9 Å². The van der Waals surface area contributed by atoms with Gasteiger partial charge in [0.25, 0.3) is 5.91 Å². The molecule has 0 aliphatic carbocycles. The zero-order valence-corrected chi connectivity index (χ0v) is 15.4. The highest BCUT2D eigenvalue weighted by molar-refractivity contribution is 6.30. The molecule has 1 N–H and O–H groups in total. The number of amides is 1. The Balaban J connectivity index is 1.72. The van der Waals surface area contributed by atoms with Gasteiger partial charge in [-0.15, -0.1) is 0 Å². The third-order valence-corrected chi connectivity index (χ3v) is 4.53. The van der Waals surface area contributed by atoms with Crippen LogP contribution in [0.15, 0.2) is 67.0 Å². The minimum absolute atomic E-state index is 0.152. The number of aryl methyl sites for hydroxylation is 1. The Morgan fingerprint density at radius 3 is 2.78 bits per heavy atom. The molecule has 0 aliphatic rings. The maximum atomic E-state index is 12.9. The summed E-state index contributed by atoms with van der Waals surface area (Å²) in [7, 11) is 1.85. The van der Waals surface area contributed by atoms with Crippen molar-refractivity contribution in [3.63, 3.8) is 0 Å². The first kappa shape index (κ1) is 17.2. The zero-order chi connectivity index (χ0) is 18.8. The first-order valence-corrected chi connectivity index (χ1v) is 8.89. The van der Waals surface area contributed by atoms with E-state index < -0.39 is 0 Å². The van der Waals surface area contributed by atoms with Crippen LogP contribution in [0, 0.1) is 0 Å². The van der Waals surface area contributed by atoms with Gasteiger partial charge >= 0.3 is 0 Å². The highest BCUT2D eigenvalue weighted by atomic mass is 35.5. The molecule has 4 rings (SSSR count). The summed E-state index contributed by atoms with van der Waals surface area (Å²) in [6, 6.07) is 16.9. The highest BCUT2D eigenvalue weighted by Crippen LogP contribution is 2.26. The van der Waals surface area contributed by atoms with E-state index in [2.05, 4.69) is 10.4 Å². The molecule has 0 radical (unpaired) electrons. The van der Waals surface area contributed by atoms with Crippen LogP contribution in [0.2, 0.25) is 5.02 Å². The van der Waals surface area contributed by atoms with Gasteiger partial charge in [0, 0.05) is 41.3 Å². The van der Waals surface area contributed by atoms with Gasteiger partial charge in [0.15, 0.2) is 0 Å². The Morgan fingerprint density at radius 1 is 1.15 bits per heavy atom. The molecule has 5 nitrogen and oxygen atoms in total. The Morgan fingerprint density at radius 2 is 2.00 bits per heavy atom. The summed E-state index contributed by atoms with van der Waals surface area (Å²) < 4.78 is 1.71. The van der Waals surface area contributed by atoms with Crippen molar-refractivity contribution in [2.24, 2.45) is 7.05 Å². The number of para-hydroxylation sites is 1. The molecule has 2 aromatic carbocycles. The molecule has 2 heterocycles. The van der Waals surface area contributed by atoms with E-state index in [9.17, 15) is 4.79 Å². The number of carbonyl (C=O) groups is 1. The monoisotopic (exact) mass is 376 g/mol. The van der Waals surface area contributed by atoms with E-state index in [1.165, 1.54) is 0 Å². The average Bonchev–Trinajstić information content (AvgIpc) is 3.10. The van der Waals surface area contributed by atoms with Crippen molar-refractivity contribution < 1.29 is 4.79 Å². The van der Waals surface area contributed by atoms with Gasteiger partial charge in [-0.25, -0.2) is 4.98 Å². The Kier molecular flexibility index (Phi) is 4.60. The molecular formula is C21H17ClN4O. The lowest BCUT2D eigenvalue weighted by Gasteiger charge is -2.10. The molecule has 27 heavy (non-hydrogen) atoms. The maximum absolute atomic E-state index is 12.9. The molecule has 0 unspecified atom stereocenters. The molecule has 134 valence electrons. The van der Waals surface area contributed by atoms with Crippen molar-refractivity contribution in [2.45, 2.75) is 6.54 Å². The van der Waals surface area contributed by atoms with E-state index in [0.717, 1.165) is 22.0 Å². The number of hydrogen-bond donors (Lipinski definition) is 1. The molecule has 6 heteroatoms. The fourth-order valence-electron chi connectivity index (χ4n) is 3.00. The maximum Gasteiger partial charge on any atom is 0.252 e. The van der Waals surface area contributed by atoms with E-state index in [1.54, 1.807) is 10.9 Å². The van der Waals surface area contributed by atoms with Crippen LogP contribution >= 0.6 is 11.6 Å². The van der Waals surface area contributed by atoms with Crippen molar-refractivity contribution in [3.8, 4) is 11.3 Å². The molecule has 1 amide bonds. The number of carbonyl (C=O) groups excluding carboxylic acids is 1. The van der Waals surface area contributed by atoms with Crippen molar-refractivity contribution in [1.29, 1.82) is 0 Å². The summed E-state index contributed by atoms with van der Waals surface area (Å²) in [6.07, 6.45) is 3.62.